The molecule has 2 saturated heterocycles. The lowest BCUT2D eigenvalue weighted by Crippen LogP contribution is -2.27. The van der Waals surface area contributed by atoms with Crippen LogP contribution in [0.1, 0.15) is 46.7 Å². The number of carbonyl (C=O) groups is 2. The number of aromatic nitrogens is 2. The van der Waals surface area contributed by atoms with Crippen molar-refractivity contribution in [3.63, 3.8) is 0 Å². The highest BCUT2D eigenvalue weighted by Crippen LogP contribution is 2.22. The van der Waals surface area contributed by atoms with Crippen molar-refractivity contribution in [2.24, 2.45) is 0 Å². The van der Waals surface area contributed by atoms with Crippen molar-refractivity contribution < 1.29 is 36.0 Å². The second-order valence-electron chi connectivity index (χ2n) is 8.20. The maximum absolute atomic E-state index is 12.3. The Morgan fingerprint density at radius 2 is 1.22 bits per heavy atom. The molecule has 15 heteroatoms. The first kappa shape index (κ1) is 27.9. The number of hydrogen-bond donors (Lipinski definition) is 2. The number of aromatic amines is 2. The molecule has 0 bridgehead atoms. The van der Waals surface area contributed by atoms with Crippen LogP contribution < -0.4 is 0 Å². The summed E-state index contributed by atoms with van der Waals surface area (Å²) in [5.41, 5.74) is 0.326. The van der Waals surface area contributed by atoms with E-state index in [1.165, 1.54) is 54.4 Å². The zero-order chi connectivity index (χ0) is 26.5. The number of amides is 1. The van der Waals surface area contributed by atoms with Crippen molar-refractivity contribution >= 4 is 31.9 Å². The Balaban J connectivity index is 0.000000202. The van der Waals surface area contributed by atoms with Gasteiger partial charge in [-0.2, -0.15) is 8.61 Å². The largest absolute Gasteiger partial charge is 0.464 e. The molecule has 0 aliphatic carbocycles. The zero-order valence-corrected chi connectivity index (χ0v) is 22.0. The predicted molar refractivity (Wildman–Crippen MR) is 128 cm³/mol. The van der Waals surface area contributed by atoms with Gasteiger partial charge < -0.3 is 14.7 Å². The lowest BCUT2D eigenvalue weighted by Gasteiger charge is -2.14. The average Bonchev–Trinajstić information content (AvgIpc) is 3.68. The summed E-state index contributed by atoms with van der Waals surface area (Å²) in [6.07, 6.45) is 6.18. The molecule has 2 aliphatic rings. The number of ether oxygens (including phenoxy) is 1. The van der Waals surface area contributed by atoms with E-state index in [-0.39, 0.29) is 21.2 Å². The molecule has 0 radical (unpaired) electrons. The Hall–Kier alpha value is -2.72. The third-order valence-corrected chi connectivity index (χ3v) is 9.67. The van der Waals surface area contributed by atoms with Gasteiger partial charge in [-0.05, 0) is 37.8 Å². The van der Waals surface area contributed by atoms with Crippen LogP contribution in [-0.2, 0) is 29.6 Å². The molecule has 2 N–H and O–H groups in total. The van der Waals surface area contributed by atoms with Gasteiger partial charge in [0.05, 0.1) is 14.2 Å². The lowest BCUT2D eigenvalue weighted by atomic mass is 10.4. The molecule has 2 aliphatic heterocycles. The fourth-order valence-corrected chi connectivity index (χ4v) is 6.83. The van der Waals surface area contributed by atoms with Gasteiger partial charge >= 0.3 is 5.97 Å². The van der Waals surface area contributed by atoms with Gasteiger partial charge in [-0.15, -0.1) is 0 Å². The summed E-state index contributed by atoms with van der Waals surface area (Å²) < 4.78 is 56.1. The van der Waals surface area contributed by atoms with E-state index >= 15 is 0 Å². The second kappa shape index (κ2) is 11.6. The number of nitrogens with zero attached hydrogens (tertiary/aromatic N) is 3. The normalized spacial score (nSPS) is 17.0. The highest BCUT2D eigenvalue weighted by atomic mass is 32.2. The molecule has 0 aromatic carbocycles. The molecule has 1 amide bonds. The lowest BCUT2D eigenvalue weighted by molar-refractivity contribution is -0.0760. The smallest absolute Gasteiger partial charge is 0.354 e. The van der Waals surface area contributed by atoms with Crippen LogP contribution in [0, 0.1) is 0 Å². The summed E-state index contributed by atoms with van der Waals surface area (Å²) in [7, 11) is -2.89. The number of nitrogens with one attached hydrogen (secondary N) is 2. The summed E-state index contributed by atoms with van der Waals surface area (Å²) in [5, 5.41) is 1.03. The molecule has 4 heterocycles. The molecule has 2 fully saturated rings. The topological polar surface area (TPSA) is 162 Å². The fraction of sp³-hybridized carbons (Fsp3) is 0.524. The van der Waals surface area contributed by atoms with Crippen LogP contribution >= 0.6 is 0 Å². The Morgan fingerprint density at radius 3 is 1.64 bits per heavy atom. The third kappa shape index (κ3) is 5.98. The number of hydroxylamine groups is 2. The number of H-pyrrole nitrogens is 2. The SMILES string of the molecule is COC(=O)c1cc(S(=O)(=O)N2CCCC2)c[nH]1.CON(C)C(=O)c1cc(S(=O)(=O)N2CCCC2)c[nH]1. The average molecular weight is 546 g/mol. The molecule has 0 spiro atoms. The molecule has 4 rings (SSSR count). The minimum atomic E-state index is -3.49. The first-order chi connectivity index (χ1) is 17.0. The predicted octanol–water partition coefficient (Wildman–Crippen LogP) is 1.02. The zero-order valence-electron chi connectivity index (χ0n) is 20.4. The minimum absolute atomic E-state index is 0.111. The van der Waals surface area contributed by atoms with Crippen molar-refractivity contribution in [2.45, 2.75) is 35.5 Å². The van der Waals surface area contributed by atoms with Gasteiger partial charge in [0.15, 0.2) is 0 Å². The summed E-state index contributed by atoms with van der Waals surface area (Å²) in [6, 6.07) is 2.64. The summed E-state index contributed by atoms with van der Waals surface area (Å²) in [4.78, 5) is 33.3. The fourth-order valence-electron chi connectivity index (χ4n) is 3.81. The van der Waals surface area contributed by atoms with E-state index in [2.05, 4.69) is 14.7 Å². The van der Waals surface area contributed by atoms with Gasteiger partial charge in [-0.25, -0.2) is 26.7 Å². The Bertz CT molecular complexity index is 1270. The first-order valence-corrected chi connectivity index (χ1v) is 14.2. The number of esters is 1. The number of carbonyl (C=O) groups excluding carboxylic acids is 2. The van der Waals surface area contributed by atoms with Crippen molar-refractivity contribution in [3.05, 3.63) is 35.9 Å². The number of rotatable bonds is 7. The first-order valence-electron chi connectivity index (χ1n) is 11.3. The molecule has 2 aromatic rings. The van der Waals surface area contributed by atoms with Crippen LogP contribution in [0.15, 0.2) is 34.3 Å². The van der Waals surface area contributed by atoms with Crippen LogP contribution in [0.2, 0.25) is 0 Å². The minimum Gasteiger partial charge on any atom is -0.464 e. The highest BCUT2D eigenvalue weighted by Gasteiger charge is 2.30. The monoisotopic (exact) mass is 545 g/mol. The molecule has 36 heavy (non-hydrogen) atoms. The molecule has 0 atom stereocenters. The quantitative estimate of drug-likeness (QED) is 0.385. The highest BCUT2D eigenvalue weighted by molar-refractivity contribution is 7.89. The maximum Gasteiger partial charge on any atom is 0.354 e. The van der Waals surface area contributed by atoms with Crippen LogP contribution in [0.25, 0.3) is 0 Å². The van der Waals surface area contributed by atoms with Crippen molar-refractivity contribution in [3.8, 4) is 0 Å². The van der Waals surface area contributed by atoms with Gasteiger partial charge in [0.2, 0.25) is 20.0 Å². The number of hydrogen-bond acceptors (Lipinski definition) is 8. The van der Waals surface area contributed by atoms with E-state index in [0.717, 1.165) is 30.7 Å². The number of sulfonamides is 2. The maximum atomic E-state index is 12.3. The van der Waals surface area contributed by atoms with Crippen molar-refractivity contribution in [2.75, 3.05) is 47.4 Å². The van der Waals surface area contributed by atoms with E-state index in [9.17, 15) is 26.4 Å². The van der Waals surface area contributed by atoms with E-state index in [1.54, 1.807) is 0 Å². The van der Waals surface area contributed by atoms with Gasteiger partial charge in [-0.1, -0.05) is 0 Å². The molecule has 2 aromatic heterocycles. The van der Waals surface area contributed by atoms with Crippen molar-refractivity contribution in [1.29, 1.82) is 0 Å². The van der Waals surface area contributed by atoms with Gasteiger partial charge in [0.25, 0.3) is 5.91 Å². The van der Waals surface area contributed by atoms with E-state index in [4.69, 9.17) is 4.84 Å². The molecular formula is C21H31N5O8S2. The molecule has 200 valence electrons. The van der Waals surface area contributed by atoms with Crippen LogP contribution in [-0.4, -0.2) is 99.8 Å². The Kier molecular flexibility index (Phi) is 8.94. The number of methoxy groups -OCH3 is 1. The van der Waals surface area contributed by atoms with Gasteiger partial charge in [0, 0.05) is 45.6 Å². The standard InChI is InChI=1S/C11H17N3O4S.C10H14N2O4S/c1-13(18-2)11(15)10-7-9(8-12-10)19(16,17)14-5-3-4-6-14;1-16-10(13)9-6-8(7-11-9)17(14,15)12-4-2-3-5-12/h7-8,12H,3-6H2,1-2H3;6-7,11H,2-5H2,1H3. The van der Waals surface area contributed by atoms with Gasteiger partial charge in [-0.3, -0.25) is 9.63 Å². The van der Waals surface area contributed by atoms with E-state index < -0.39 is 31.9 Å². The van der Waals surface area contributed by atoms with Crippen LogP contribution in [0.5, 0.6) is 0 Å². The molecular weight excluding hydrogens is 514 g/mol. The summed E-state index contributed by atoms with van der Waals surface area (Å²) in [5.74, 6) is -1.00. The molecule has 0 saturated carbocycles. The Labute approximate surface area is 210 Å². The van der Waals surface area contributed by atoms with Crippen LogP contribution in [0.3, 0.4) is 0 Å². The second-order valence-corrected chi connectivity index (χ2v) is 12.1. The Morgan fingerprint density at radius 1 is 0.806 bits per heavy atom. The summed E-state index contributed by atoms with van der Waals surface area (Å²) in [6.45, 7) is 2.16. The van der Waals surface area contributed by atoms with Crippen molar-refractivity contribution in [1.82, 2.24) is 23.6 Å². The molecule has 0 unspecified atom stereocenters. The summed E-state index contributed by atoms with van der Waals surface area (Å²) >= 11 is 0. The molecule has 13 nitrogen and oxygen atoms in total. The van der Waals surface area contributed by atoms with E-state index in [1.807, 2.05) is 0 Å². The van der Waals surface area contributed by atoms with E-state index in [0.29, 0.717) is 26.2 Å². The van der Waals surface area contributed by atoms with Gasteiger partial charge in [0.1, 0.15) is 21.2 Å². The third-order valence-electron chi connectivity index (χ3n) is 5.91. The van der Waals surface area contributed by atoms with Crippen LogP contribution in [0.4, 0.5) is 0 Å².